The van der Waals surface area contributed by atoms with E-state index in [4.69, 9.17) is 5.11 Å². The van der Waals surface area contributed by atoms with Gasteiger partial charge in [-0.1, -0.05) is 46.0 Å². The van der Waals surface area contributed by atoms with Crippen LogP contribution in [0.3, 0.4) is 0 Å². The van der Waals surface area contributed by atoms with Crippen LogP contribution >= 0.6 is 0 Å². The van der Waals surface area contributed by atoms with Gasteiger partial charge < -0.3 is 10.2 Å². The second-order valence-electron chi connectivity index (χ2n) is 4.81. The molecular weight excluding hydrogens is 176 g/mol. The third-order valence-corrected chi connectivity index (χ3v) is 2.34. The zero-order chi connectivity index (χ0) is 11.4. The van der Waals surface area contributed by atoms with Gasteiger partial charge in [0, 0.05) is 5.41 Å². The highest BCUT2D eigenvalue weighted by molar-refractivity contribution is 5.19. The van der Waals surface area contributed by atoms with Gasteiger partial charge in [0.2, 0.25) is 0 Å². The summed E-state index contributed by atoms with van der Waals surface area (Å²) in [5.74, 6) is 5.42. The Morgan fingerprint density at radius 2 is 1.79 bits per heavy atom. The van der Waals surface area contributed by atoms with Crippen LogP contribution in [-0.2, 0) is 0 Å². The quantitative estimate of drug-likeness (QED) is 0.666. The third-order valence-electron chi connectivity index (χ3n) is 2.34. The molecule has 0 aliphatic carbocycles. The van der Waals surface area contributed by atoms with E-state index in [-0.39, 0.29) is 5.41 Å². The molecule has 2 nitrogen and oxygen atoms in total. The molecule has 0 amide bonds. The Labute approximate surface area is 87.3 Å². The lowest BCUT2D eigenvalue weighted by molar-refractivity contribution is -0.0124. The number of hydrogen-bond donors (Lipinski definition) is 2. The molecule has 0 aromatic heterocycles. The van der Waals surface area contributed by atoms with Crippen LogP contribution in [-0.4, -0.2) is 21.9 Å². The van der Waals surface area contributed by atoms with Gasteiger partial charge >= 0.3 is 0 Å². The zero-order valence-corrected chi connectivity index (χ0v) is 9.89. The van der Waals surface area contributed by atoms with Crippen LogP contribution in [0, 0.1) is 17.3 Å². The topological polar surface area (TPSA) is 40.5 Å². The van der Waals surface area contributed by atoms with Crippen molar-refractivity contribution < 1.29 is 10.2 Å². The SMILES string of the molecule is CCC[C@@](O)(C#C[C@H](C)O)C(C)(C)C. The van der Waals surface area contributed by atoms with E-state index in [1.54, 1.807) is 6.92 Å². The first-order valence-corrected chi connectivity index (χ1v) is 5.16. The van der Waals surface area contributed by atoms with Gasteiger partial charge in [-0.3, -0.25) is 0 Å². The summed E-state index contributed by atoms with van der Waals surface area (Å²) in [6, 6.07) is 0. The number of rotatable bonds is 2. The summed E-state index contributed by atoms with van der Waals surface area (Å²) >= 11 is 0. The summed E-state index contributed by atoms with van der Waals surface area (Å²) in [5.41, 5.74) is -1.29. The van der Waals surface area contributed by atoms with Crippen molar-refractivity contribution in [2.75, 3.05) is 0 Å². The van der Waals surface area contributed by atoms with Crippen molar-refractivity contribution in [3.63, 3.8) is 0 Å². The molecule has 82 valence electrons. The standard InChI is InChI=1S/C12H22O2/c1-6-8-12(14,11(3,4)5)9-7-10(2)13/h10,13-14H,6,8H2,1-5H3/t10-,12+/m0/s1. The van der Waals surface area contributed by atoms with E-state index < -0.39 is 11.7 Å². The maximum absolute atomic E-state index is 10.3. The number of aliphatic hydroxyl groups excluding tert-OH is 1. The van der Waals surface area contributed by atoms with Crippen molar-refractivity contribution in [1.29, 1.82) is 0 Å². The third kappa shape index (κ3) is 3.69. The van der Waals surface area contributed by atoms with Crippen LogP contribution in [0.5, 0.6) is 0 Å². The first-order valence-electron chi connectivity index (χ1n) is 5.16. The van der Waals surface area contributed by atoms with Crippen molar-refractivity contribution in [3.05, 3.63) is 0 Å². The average Bonchev–Trinajstić information content (AvgIpc) is 1.99. The molecule has 0 aliphatic rings. The Bertz CT molecular complexity index is 227. The summed E-state index contributed by atoms with van der Waals surface area (Å²) < 4.78 is 0. The first kappa shape index (κ1) is 13.5. The highest BCUT2D eigenvalue weighted by atomic mass is 16.3. The maximum atomic E-state index is 10.3. The Kier molecular flexibility index (Phi) is 4.64. The van der Waals surface area contributed by atoms with Crippen molar-refractivity contribution >= 4 is 0 Å². The van der Waals surface area contributed by atoms with Crippen LogP contribution in [0.1, 0.15) is 47.5 Å². The normalized spacial score (nSPS) is 17.9. The molecule has 2 heteroatoms. The van der Waals surface area contributed by atoms with Crippen molar-refractivity contribution in [2.24, 2.45) is 5.41 Å². The maximum Gasteiger partial charge on any atom is 0.130 e. The van der Waals surface area contributed by atoms with E-state index in [0.717, 1.165) is 6.42 Å². The number of aliphatic hydroxyl groups is 2. The van der Waals surface area contributed by atoms with Crippen LogP contribution < -0.4 is 0 Å². The minimum Gasteiger partial charge on any atom is -0.381 e. The van der Waals surface area contributed by atoms with Crippen LogP contribution in [0.2, 0.25) is 0 Å². The number of hydrogen-bond acceptors (Lipinski definition) is 2. The van der Waals surface area contributed by atoms with E-state index in [1.165, 1.54) is 0 Å². The molecule has 2 atom stereocenters. The highest BCUT2D eigenvalue weighted by Gasteiger charge is 2.37. The molecule has 0 radical (unpaired) electrons. The van der Waals surface area contributed by atoms with Crippen LogP contribution in [0.15, 0.2) is 0 Å². The Hall–Kier alpha value is -0.520. The lowest BCUT2D eigenvalue weighted by Gasteiger charge is -2.35. The molecule has 0 heterocycles. The molecule has 0 rings (SSSR count). The Balaban J connectivity index is 4.85. The first-order chi connectivity index (χ1) is 6.23. The van der Waals surface area contributed by atoms with E-state index in [2.05, 4.69) is 11.8 Å². The summed E-state index contributed by atoms with van der Waals surface area (Å²) in [5, 5.41) is 19.4. The van der Waals surface area contributed by atoms with Gasteiger partial charge in [0.15, 0.2) is 0 Å². The predicted molar refractivity (Wildman–Crippen MR) is 58.8 cm³/mol. The molecule has 0 unspecified atom stereocenters. The second kappa shape index (κ2) is 4.82. The lowest BCUT2D eigenvalue weighted by Crippen LogP contribution is -2.41. The van der Waals surface area contributed by atoms with Crippen molar-refractivity contribution in [1.82, 2.24) is 0 Å². The Morgan fingerprint density at radius 3 is 2.07 bits per heavy atom. The van der Waals surface area contributed by atoms with E-state index in [9.17, 15) is 5.11 Å². The fraction of sp³-hybridized carbons (Fsp3) is 0.833. The average molecular weight is 198 g/mol. The minimum atomic E-state index is -1.00. The summed E-state index contributed by atoms with van der Waals surface area (Å²) in [7, 11) is 0. The molecule has 0 spiro atoms. The molecule has 0 bridgehead atoms. The minimum absolute atomic E-state index is 0.287. The molecule has 0 aromatic carbocycles. The predicted octanol–water partition coefficient (Wildman–Crippen LogP) is 1.95. The molecule has 2 N–H and O–H groups in total. The van der Waals surface area contributed by atoms with Gasteiger partial charge in [0.1, 0.15) is 11.7 Å². The second-order valence-corrected chi connectivity index (χ2v) is 4.81. The van der Waals surface area contributed by atoms with E-state index >= 15 is 0 Å². The molecule has 14 heavy (non-hydrogen) atoms. The summed E-state index contributed by atoms with van der Waals surface area (Å²) in [6.45, 7) is 9.49. The van der Waals surface area contributed by atoms with Gasteiger partial charge in [0.25, 0.3) is 0 Å². The van der Waals surface area contributed by atoms with Crippen molar-refractivity contribution in [3.8, 4) is 11.8 Å². The monoisotopic (exact) mass is 198 g/mol. The van der Waals surface area contributed by atoms with Crippen molar-refractivity contribution in [2.45, 2.75) is 59.2 Å². The van der Waals surface area contributed by atoms with Crippen LogP contribution in [0.25, 0.3) is 0 Å². The summed E-state index contributed by atoms with van der Waals surface area (Å²) in [4.78, 5) is 0. The fourth-order valence-electron chi connectivity index (χ4n) is 1.21. The van der Waals surface area contributed by atoms with Gasteiger partial charge in [-0.05, 0) is 13.3 Å². The van der Waals surface area contributed by atoms with Gasteiger partial charge in [-0.2, -0.15) is 0 Å². The Morgan fingerprint density at radius 1 is 1.29 bits per heavy atom. The van der Waals surface area contributed by atoms with Gasteiger partial charge in [-0.15, -0.1) is 0 Å². The van der Waals surface area contributed by atoms with E-state index in [0.29, 0.717) is 6.42 Å². The zero-order valence-electron chi connectivity index (χ0n) is 9.89. The highest BCUT2D eigenvalue weighted by Crippen LogP contribution is 2.33. The van der Waals surface area contributed by atoms with Gasteiger partial charge in [0.05, 0.1) is 0 Å². The molecule has 0 fully saturated rings. The lowest BCUT2D eigenvalue weighted by atomic mass is 9.74. The molecule has 0 aromatic rings. The molecule has 0 saturated heterocycles. The fourth-order valence-corrected chi connectivity index (χ4v) is 1.21. The van der Waals surface area contributed by atoms with Gasteiger partial charge in [-0.25, -0.2) is 0 Å². The van der Waals surface area contributed by atoms with Crippen LogP contribution in [0.4, 0.5) is 0 Å². The smallest absolute Gasteiger partial charge is 0.130 e. The molecule has 0 aliphatic heterocycles. The summed E-state index contributed by atoms with van der Waals surface area (Å²) in [6.07, 6.45) is 0.833. The van der Waals surface area contributed by atoms with E-state index in [1.807, 2.05) is 27.7 Å². The largest absolute Gasteiger partial charge is 0.381 e. The molecule has 0 saturated carbocycles. The molecular formula is C12H22O2.